The van der Waals surface area contributed by atoms with E-state index >= 15 is 0 Å². The van der Waals surface area contributed by atoms with Crippen LogP contribution in [0.25, 0.3) is 22.3 Å². The fourth-order valence-electron chi connectivity index (χ4n) is 3.57. The maximum Gasteiger partial charge on any atom is 0.336 e. The van der Waals surface area contributed by atoms with Gasteiger partial charge in [0, 0.05) is 0 Å². The predicted octanol–water partition coefficient (Wildman–Crippen LogP) is 4.27. The fourth-order valence-corrected chi connectivity index (χ4v) is 3.57. The Morgan fingerprint density at radius 3 is 1.85 bits per heavy atom. The number of carboxylic acid groups (broad SMARTS) is 2. The molecule has 3 aromatic carbocycles. The third kappa shape index (κ3) is 5.77. The molecule has 0 heterocycles. The third-order valence-corrected chi connectivity index (χ3v) is 5.02. The number of rotatable bonds is 8. The van der Waals surface area contributed by atoms with E-state index in [1.807, 2.05) is 0 Å². The second-order valence-electron chi connectivity index (χ2n) is 7.14. The van der Waals surface area contributed by atoms with Crippen molar-refractivity contribution >= 4 is 30.3 Å². The van der Waals surface area contributed by atoms with Gasteiger partial charge in [0.15, 0.2) is 0 Å². The Morgan fingerprint density at radius 1 is 0.818 bits per heavy atom. The molecule has 0 saturated heterocycles. The molecule has 0 aliphatic rings. The first kappa shape index (κ1) is 25.6. The zero-order valence-corrected chi connectivity index (χ0v) is 18.7. The van der Waals surface area contributed by atoms with Gasteiger partial charge in [-0.15, -0.1) is 12.4 Å². The maximum absolute atomic E-state index is 12.0. The highest BCUT2D eigenvalue weighted by atomic mass is 35.5. The van der Waals surface area contributed by atoms with Gasteiger partial charge >= 0.3 is 17.9 Å². The molecule has 0 fully saturated rings. The van der Waals surface area contributed by atoms with Crippen LogP contribution < -0.4 is 5.73 Å². The first-order chi connectivity index (χ1) is 15.3. The number of carboxylic acids is 2. The molecule has 0 spiro atoms. The Morgan fingerprint density at radius 2 is 1.33 bits per heavy atom. The van der Waals surface area contributed by atoms with Crippen molar-refractivity contribution in [2.75, 3.05) is 6.61 Å². The molecule has 0 aliphatic carbocycles. The van der Waals surface area contributed by atoms with Gasteiger partial charge in [0.25, 0.3) is 0 Å². The van der Waals surface area contributed by atoms with Gasteiger partial charge in [0.1, 0.15) is 6.04 Å². The van der Waals surface area contributed by atoms with Gasteiger partial charge in [-0.2, -0.15) is 0 Å². The lowest BCUT2D eigenvalue weighted by atomic mass is 9.87. The average Bonchev–Trinajstić information content (AvgIpc) is 2.79. The SMILES string of the molecule is CCOC(=O)[C@@H](N)Cc1ccc(-c2ccccc2C(=O)O)c(-c2ccccc2C(=O)O)c1.Cl. The van der Waals surface area contributed by atoms with Crippen LogP contribution in [0.1, 0.15) is 33.2 Å². The minimum Gasteiger partial charge on any atom is -0.478 e. The van der Waals surface area contributed by atoms with Gasteiger partial charge in [0.2, 0.25) is 0 Å². The molecule has 0 amide bonds. The molecule has 3 aromatic rings. The number of aromatic carboxylic acids is 2. The molecule has 0 aliphatic heterocycles. The monoisotopic (exact) mass is 469 g/mol. The van der Waals surface area contributed by atoms with E-state index < -0.39 is 23.9 Å². The molecule has 0 saturated carbocycles. The van der Waals surface area contributed by atoms with Crippen LogP contribution in [0, 0.1) is 0 Å². The van der Waals surface area contributed by atoms with Gasteiger partial charge in [-0.25, -0.2) is 9.59 Å². The summed E-state index contributed by atoms with van der Waals surface area (Å²) in [6, 6.07) is 17.4. The van der Waals surface area contributed by atoms with Crippen LogP contribution >= 0.6 is 12.4 Å². The second-order valence-corrected chi connectivity index (χ2v) is 7.14. The summed E-state index contributed by atoms with van der Waals surface area (Å²) in [6.07, 6.45) is 0.182. The number of carbonyl (C=O) groups excluding carboxylic acids is 1. The van der Waals surface area contributed by atoms with Crippen molar-refractivity contribution in [3.8, 4) is 22.3 Å². The van der Waals surface area contributed by atoms with Crippen molar-refractivity contribution in [2.24, 2.45) is 5.73 Å². The topological polar surface area (TPSA) is 127 Å². The van der Waals surface area contributed by atoms with E-state index in [4.69, 9.17) is 10.5 Å². The lowest BCUT2D eigenvalue weighted by molar-refractivity contribution is -0.144. The Labute approximate surface area is 197 Å². The fraction of sp³-hybridized carbons (Fsp3) is 0.160. The number of ether oxygens (including phenoxy) is 1. The Balaban J connectivity index is 0.00000385. The summed E-state index contributed by atoms with van der Waals surface area (Å²) in [7, 11) is 0. The molecular formula is C25H24ClNO6. The highest BCUT2D eigenvalue weighted by Crippen LogP contribution is 2.36. The minimum atomic E-state index is -1.10. The van der Waals surface area contributed by atoms with Gasteiger partial charge < -0.3 is 20.7 Å². The third-order valence-electron chi connectivity index (χ3n) is 5.02. The lowest BCUT2D eigenvalue weighted by Crippen LogP contribution is -2.34. The molecule has 1 atom stereocenters. The Bertz CT molecular complexity index is 1180. The molecule has 4 N–H and O–H groups in total. The average molecular weight is 470 g/mol. The van der Waals surface area contributed by atoms with Crippen molar-refractivity contribution in [1.82, 2.24) is 0 Å². The molecule has 7 nitrogen and oxygen atoms in total. The number of halogens is 1. The number of carbonyl (C=O) groups is 3. The van der Waals surface area contributed by atoms with Crippen LogP contribution in [0.3, 0.4) is 0 Å². The normalized spacial score (nSPS) is 11.2. The summed E-state index contributed by atoms with van der Waals surface area (Å²) in [5.74, 6) is -2.72. The van der Waals surface area contributed by atoms with E-state index in [0.29, 0.717) is 27.8 Å². The molecule has 0 aromatic heterocycles. The van der Waals surface area contributed by atoms with Crippen molar-refractivity contribution in [2.45, 2.75) is 19.4 Å². The lowest BCUT2D eigenvalue weighted by Gasteiger charge is -2.17. The number of hydrogen-bond donors (Lipinski definition) is 3. The number of esters is 1. The number of hydrogen-bond acceptors (Lipinski definition) is 5. The second kappa shape index (κ2) is 11.3. The summed E-state index contributed by atoms with van der Waals surface area (Å²) in [5.41, 5.74) is 8.81. The summed E-state index contributed by atoms with van der Waals surface area (Å²) in [4.78, 5) is 35.6. The smallest absolute Gasteiger partial charge is 0.336 e. The van der Waals surface area contributed by atoms with E-state index in [9.17, 15) is 24.6 Å². The summed E-state index contributed by atoms with van der Waals surface area (Å²) in [6.45, 7) is 1.91. The molecule has 0 bridgehead atoms. The van der Waals surface area contributed by atoms with Crippen LogP contribution in [0.5, 0.6) is 0 Å². The largest absolute Gasteiger partial charge is 0.478 e. The zero-order chi connectivity index (χ0) is 23.3. The van der Waals surface area contributed by atoms with Crippen molar-refractivity contribution in [3.63, 3.8) is 0 Å². The quantitative estimate of drug-likeness (QED) is 0.420. The van der Waals surface area contributed by atoms with Crippen molar-refractivity contribution in [1.29, 1.82) is 0 Å². The van der Waals surface area contributed by atoms with E-state index in [-0.39, 0.29) is 36.6 Å². The molecule has 0 unspecified atom stereocenters. The first-order valence-corrected chi connectivity index (χ1v) is 10.0. The van der Waals surface area contributed by atoms with E-state index in [0.717, 1.165) is 0 Å². The van der Waals surface area contributed by atoms with Crippen LogP contribution in [-0.2, 0) is 16.0 Å². The van der Waals surface area contributed by atoms with Crippen LogP contribution in [0.15, 0.2) is 66.7 Å². The summed E-state index contributed by atoms with van der Waals surface area (Å²) >= 11 is 0. The van der Waals surface area contributed by atoms with Gasteiger partial charge in [-0.05, 0) is 53.3 Å². The van der Waals surface area contributed by atoms with E-state index in [1.54, 1.807) is 61.5 Å². The number of nitrogens with two attached hydrogens (primary N) is 1. The van der Waals surface area contributed by atoms with Crippen molar-refractivity contribution in [3.05, 3.63) is 83.4 Å². The molecule has 0 radical (unpaired) electrons. The highest BCUT2D eigenvalue weighted by Gasteiger charge is 2.21. The predicted molar refractivity (Wildman–Crippen MR) is 127 cm³/mol. The first-order valence-electron chi connectivity index (χ1n) is 10.0. The van der Waals surface area contributed by atoms with Gasteiger partial charge in [-0.1, -0.05) is 54.6 Å². The van der Waals surface area contributed by atoms with Crippen LogP contribution in [0.4, 0.5) is 0 Å². The molecule has 33 heavy (non-hydrogen) atoms. The highest BCUT2D eigenvalue weighted by molar-refractivity contribution is 6.02. The maximum atomic E-state index is 12.0. The standard InChI is InChI=1S/C25H23NO6.ClH/c1-2-32-25(31)22(26)14-15-11-12-18(16-7-3-5-9-19(16)23(27)28)21(13-15)17-8-4-6-10-20(17)24(29)30;/h3-13,22H,2,14,26H2,1H3,(H,27,28)(H,29,30);1H/t22-;/m0./s1. The van der Waals surface area contributed by atoms with Crippen molar-refractivity contribution < 1.29 is 29.3 Å². The summed E-state index contributed by atoms with van der Waals surface area (Å²) < 4.78 is 4.97. The van der Waals surface area contributed by atoms with Crippen LogP contribution in [0.2, 0.25) is 0 Å². The molecular weight excluding hydrogens is 446 g/mol. The zero-order valence-electron chi connectivity index (χ0n) is 17.9. The summed E-state index contributed by atoms with van der Waals surface area (Å²) in [5, 5.41) is 19.4. The van der Waals surface area contributed by atoms with E-state index in [1.165, 1.54) is 12.1 Å². The molecule has 172 valence electrons. The van der Waals surface area contributed by atoms with E-state index in [2.05, 4.69) is 0 Å². The minimum absolute atomic E-state index is 0. The Hall–Kier alpha value is -3.68. The molecule has 3 rings (SSSR count). The Kier molecular flexibility index (Phi) is 8.73. The van der Waals surface area contributed by atoms with Crippen LogP contribution in [-0.4, -0.2) is 40.8 Å². The molecule has 8 heteroatoms. The number of benzene rings is 3. The van der Waals surface area contributed by atoms with Gasteiger partial charge in [-0.3, -0.25) is 4.79 Å². The van der Waals surface area contributed by atoms with Gasteiger partial charge in [0.05, 0.1) is 17.7 Å².